The summed E-state index contributed by atoms with van der Waals surface area (Å²) in [5.41, 5.74) is 0.451. The molecule has 5 heteroatoms. The number of aliphatic carboxylic acids is 1. The normalized spacial score (nSPS) is 27.8. The van der Waals surface area contributed by atoms with Gasteiger partial charge in [0.25, 0.3) is 5.91 Å². The molecule has 1 amide bonds. The minimum absolute atomic E-state index is 0.0829. The van der Waals surface area contributed by atoms with E-state index in [0.29, 0.717) is 23.8 Å². The SMILES string of the molecule is COc1cccc(C(=O)N2C[C@@H]3C[C@@H]3[C@@H]2C(=O)[O-])c1. The zero-order valence-electron chi connectivity index (χ0n) is 10.5. The van der Waals surface area contributed by atoms with E-state index in [0.717, 1.165) is 6.42 Å². The first kappa shape index (κ1) is 12.0. The summed E-state index contributed by atoms with van der Waals surface area (Å²) < 4.78 is 5.07. The van der Waals surface area contributed by atoms with Crippen LogP contribution in [0.3, 0.4) is 0 Å². The molecule has 0 bridgehead atoms. The number of rotatable bonds is 3. The fourth-order valence-electron chi connectivity index (χ4n) is 2.90. The number of carboxylic acids is 1. The van der Waals surface area contributed by atoms with E-state index in [1.807, 2.05) is 0 Å². The van der Waals surface area contributed by atoms with Gasteiger partial charge in [0.2, 0.25) is 0 Å². The third-order valence-corrected chi connectivity index (χ3v) is 3.97. The molecule has 1 aromatic carbocycles. The molecule has 100 valence electrons. The largest absolute Gasteiger partial charge is 0.548 e. The Hall–Kier alpha value is -2.04. The highest BCUT2D eigenvalue weighted by molar-refractivity contribution is 5.97. The summed E-state index contributed by atoms with van der Waals surface area (Å²) in [6, 6.07) is 5.98. The van der Waals surface area contributed by atoms with Crippen LogP contribution in [0, 0.1) is 11.8 Å². The van der Waals surface area contributed by atoms with Crippen LogP contribution in [0.2, 0.25) is 0 Å². The van der Waals surface area contributed by atoms with Crippen LogP contribution in [-0.4, -0.2) is 36.5 Å². The standard InChI is InChI=1S/C14H15NO4/c1-19-10-4-2-3-8(5-10)13(16)15-7-9-6-11(9)12(15)14(17)18/h2-5,9,11-12H,6-7H2,1H3,(H,17,18)/p-1/t9-,11-,12+/m0/s1. The van der Waals surface area contributed by atoms with Crippen molar-refractivity contribution >= 4 is 11.9 Å². The van der Waals surface area contributed by atoms with Gasteiger partial charge in [0, 0.05) is 12.1 Å². The summed E-state index contributed by atoms with van der Waals surface area (Å²) >= 11 is 0. The number of amides is 1. The number of likely N-dealkylation sites (tertiary alicyclic amines) is 1. The predicted molar refractivity (Wildman–Crippen MR) is 64.4 cm³/mol. The second-order valence-corrected chi connectivity index (χ2v) is 5.11. The summed E-state index contributed by atoms with van der Waals surface area (Å²) in [6.07, 6.45) is 0.889. The molecule has 5 nitrogen and oxygen atoms in total. The highest BCUT2D eigenvalue weighted by atomic mass is 16.5. The van der Waals surface area contributed by atoms with Crippen LogP contribution in [0.5, 0.6) is 5.75 Å². The first-order valence-electron chi connectivity index (χ1n) is 6.27. The van der Waals surface area contributed by atoms with Gasteiger partial charge in [-0.3, -0.25) is 4.79 Å². The second-order valence-electron chi connectivity index (χ2n) is 5.11. The van der Waals surface area contributed by atoms with Crippen molar-refractivity contribution in [3.63, 3.8) is 0 Å². The summed E-state index contributed by atoms with van der Waals surface area (Å²) in [6.45, 7) is 0.513. The molecule has 1 aliphatic heterocycles. The number of benzene rings is 1. The van der Waals surface area contributed by atoms with Gasteiger partial charge in [-0.1, -0.05) is 6.07 Å². The Labute approximate surface area is 110 Å². The van der Waals surface area contributed by atoms with Gasteiger partial charge in [-0.05, 0) is 36.5 Å². The van der Waals surface area contributed by atoms with Crippen molar-refractivity contribution in [1.29, 1.82) is 0 Å². The van der Waals surface area contributed by atoms with Crippen molar-refractivity contribution < 1.29 is 19.4 Å². The molecular weight excluding hydrogens is 246 g/mol. The van der Waals surface area contributed by atoms with E-state index in [2.05, 4.69) is 0 Å². The molecule has 2 aliphatic rings. The lowest BCUT2D eigenvalue weighted by atomic mass is 10.1. The third kappa shape index (κ3) is 1.95. The van der Waals surface area contributed by atoms with Crippen LogP contribution in [0.15, 0.2) is 24.3 Å². The van der Waals surface area contributed by atoms with Crippen LogP contribution >= 0.6 is 0 Å². The van der Waals surface area contributed by atoms with E-state index in [1.165, 1.54) is 12.0 Å². The van der Waals surface area contributed by atoms with Gasteiger partial charge < -0.3 is 19.5 Å². The maximum absolute atomic E-state index is 12.4. The van der Waals surface area contributed by atoms with E-state index in [4.69, 9.17) is 4.74 Å². The molecule has 19 heavy (non-hydrogen) atoms. The summed E-state index contributed by atoms with van der Waals surface area (Å²) in [4.78, 5) is 25.0. The summed E-state index contributed by atoms with van der Waals surface area (Å²) in [5, 5.41) is 11.2. The van der Waals surface area contributed by atoms with Gasteiger partial charge in [0.1, 0.15) is 5.75 Å². The Bertz CT molecular complexity index is 542. The summed E-state index contributed by atoms with van der Waals surface area (Å²) in [5.74, 6) is -0.418. The number of hydrogen-bond donors (Lipinski definition) is 0. The molecular formula is C14H14NO4-. The minimum Gasteiger partial charge on any atom is -0.548 e. The van der Waals surface area contributed by atoms with E-state index in [1.54, 1.807) is 24.3 Å². The number of piperidine rings is 1. The number of ether oxygens (including phenoxy) is 1. The van der Waals surface area contributed by atoms with Crippen LogP contribution in [-0.2, 0) is 4.79 Å². The molecule has 0 spiro atoms. The first-order valence-corrected chi connectivity index (χ1v) is 6.27. The number of carboxylic acid groups (broad SMARTS) is 1. The Kier molecular flexibility index (Phi) is 2.69. The van der Waals surface area contributed by atoms with Crippen molar-refractivity contribution in [2.45, 2.75) is 12.5 Å². The van der Waals surface area contributed by atoms with Crippen molar-refractivity contribution in [3.8, 4) is 5.75 Å². The molecule has 0 aromatic heterocycles. The van der Waals surface area contributed by atoms with Crippen molar-refractivity contribution in [3.05, 3.63) is 29.8 Å². The molecule has 1 saturated carbocycles. The minimum atomic E-state index is -1.15. The van der Waals surface area contributed by atoms with Gasteiger partial charge in [0.15, 0.2) is 0 Å². The van der Waals surface area contributed by atoms with E-state index < -0.39 is 12.0 Å². The lowest BCUT2D eigenvalue weighted by Gasteiger charge is -2.28. The Morgan fingerprint density at radius 3 is 2.89 bits per heavy atom. The average molecular weight is 260 g/mol. The van der Waals surface area contributed by atoms with Gasteiger partial charge in [-0.15, -0.1) is 0 Å². The highest BCUT2D eigenvalue weighted by Crippen LogP contribution is 2.49. The van der Waals surface area contributed by atoms with E-state index in [-0.39, 0.29) is 11.8 Å². The van der Waals surface area contributed by atoms with Crippen LogP contribution in [0.25, 0.3) is 0 Å². The third-order valence-electron chi connectivity index (χ3n) is 3.97. The van der Waals surface area contributed by atoms with Crippen molar-refractivity contribution in [2.75, 3.05) is 13.7 Å². The maximum Gasteiger partial charge on any atom is 0.254 e. The van der Waals surface area contributed by atoms with Gasteiger partial charge >= 0.3 is 0 Å². The van der Waals surface area contributed by atoms with Gasteiger partial charge in [0.05, 0.1) is 19.1 Å². The molecule has 1 aromatic rings. The zero-order chi connectivity index (χ0) is 13.6. The number of carbonyl (C=O) groups is 2. The topological polar surface area (TPSA) is 69.7 Å². The smallest absolute Gasteiger partial charge is 0.254 e. The zero-order valence-corrected chi connectivity index (χ0v) is 10.5. The monoisotopic (exact) mass is 260 g/mol. The molecule has 1 heterocycles. The molecule has 1 saturated heterocycles. The fraction of sp³-hybridized carbons (Fsp3) is 0.429. The number of nitrogens with zero attached hydrogens (tertiary/aromatic N) is 1. The number of hydrogen-bond acceptors (Lipinski definition) is 4. The second kappa shape index (κ2) is 4.26. The molecule has 0 unspecified atom stereocenters. The van der Waals surface area contributed by atoms with Gasteiger partial charge in [-0.25, -0.2) is 0 Å². The van der Waals surface area contributed by atoms with Crippen molar-refractivity contribution in [1.82, 2.24) is 4.90 Å². The Morgan fingerprint density at radius 2 is 2.21 bits per heavy atom. The molecule has 0 radical (unpaired) electrons. The number of fused-ring (bicyclic) bond motifs is 1. The lowest BCUT2D eigenvalue weighted by Crippen LogP contribution is -2.49. The van der Waals surface area contributed by atoms with Crippen molar-refractivity contribution in [2.24, 2.45) is 11.8 Å². The molecule has 3 atom stereocenters. The van der Waals surface area contributed by atoms with Gasteiger partial charge in [-0.2, -0.15) is 0 Å². The number of carbonyl (C=O) groups excluding carboxylic acids is 2. The molecule has 3 rings (SSSR count). The first-order chi connectivity index (χ1) is 9.11. The molecule has 1 aliphatic carbocycles. The molecule has 0 N–H and O–H groups in total. The van der Waals surface area contributed by atoms with Crippen LogP contribution < -0.4 is 9.84 Å². The molecule has 2 fully saturated rings. The van der Waals surface area contributed by atoms with Crippen LogP contribution in [0.4, 0.5) is 0 Å². The maximum atomic E-state index is 12.4. The van der Waals surface area contributed by atoms with E-state index >= 15 is 0 Å². The number of methoxy groups -OCH3 is 1. The van der Waals surface area contributed by atoms with E-state index in [9.17, 15) is 14.7 Å². The quantitative estimate of drug-likeness (QED) is 0.761. The average Bonchev–Trinajstić information content (AvgIpc) is 3.07. The lowest BCUT2D eigenvalue weighted by molar-refractivity contribution is -0.310. The predicted octanol–water partition coefficient (Wildman–Crippen LogP) is -0.0944. The highest BCUT2D eigenvalue weighted by Gasteiger charge is 2.54. The fourth-order valence-corrected chi connectivity index (χ4v) is 2.90. The Morgan fingerprint density at radius 1 is 1.42 bits per heavy atom. The Balaban J connectivity index is 1.85. The summed E-state index contributed by atoms with van der Waals surface area (Å²) in [7, 11) is 1.53. The van der Waals surface area contributed by atoms with Crippen LogP contribution in [0.1, 0.15) is 16.8 Å².